The minimum atomic E-state index is -0.336. The van der Waals surface area contributed by atoms with Gasteiger partial charge in [-0.1, -0.05) is 23.5 Å². The van der Waals surface area contributed by atoms with Crippen molar-refractivity contribution in [2.24, 2.45) is 0 Å². The minimum Gasteiger partial charge on any atom is -0.475 e. The van der Waals surface area contributed by atoms with E-state index in [1.54, 1.807) is 22.6 Å². The number of hydrogen-bond acceptors (Lipinski definition) is 10. The van der Waals surface area contributed by atoms with Crippen molar-refractivity contribution in [2.45, 2.75) is 29.6 Å². The maximum atomic E-state index is 13.0. The molecule has 0 N–H and O–H groups in total. The fraction of sp³-hybridized carbons (Fsp3) is 0.526. The molecule has 1 amide bonds. The first kappa shape index (κ1) is 22.1. The van der Waals surface area contributed by atoms with E-state index in [-0.39, 0.29) is 29.7 Å². The molecule has 0 radical (unpaired) electrons. The zero-order chi connectivity index (χ0) is 21.8. The van der Waals surface area contributed by atoms with E-state index in [1.165, 1.54) is 29.7 Å². The van der Waals surface area contributed by atoms with Crippen LogP contribution in [0.3, 0.4) is 0 Å². The fourth-order valence-electron chi connectivity index (χ4n) is 3.35. The summed E-state index contributed by atoms with van der Waals surface area (Å²) in [5.74, 6) is 0.897. The summed E-state index contributed by atoms with van der Waals surface area (Å²) in [6.45, 7) is 2.25. The quantitative estimate of drug-likeness (QED) is 0.433. The van der Waals surface area contributed by atoms with Crippen LogP contribution in [0.15, 0.2) is 27.4 Å². The monoisotopic (exact) mass is 465 g/mol. The standard InChI is InChI=1S/C19H23N5O5S2/c1-27-10-12-7-15(22-18(21-12)30-2)29-11-13-9-23(3-5-28-13)16(25)14-8-20-19-24(17(14)26)4-6-31-19/h7-8,13H,3-6,9-11H2,1-2H3. The van der Waals surface area contributed by atoms with Gasteiger partial charge in [0.25, 0.3) is 11.5 Å². The van der Waals surface area contributed by atoms with Crippen LogP contribution >= 0.6 is 23.5 Å². The number of carbonyl (C=O) groups is 1. The number of thioether (sulfide) groups is 2. The molecule has 2 aliphatic heterocycles. The van der Waals surface area contributed by atoms with Crippen molar-refractivity contribution in [3.63, 3.8) is 0 Å². The lowest BCUT2D eigenvalue weighted by Gasteiger charge is -2.32. The highest BCUT2D eigenvalue weighted by Gasteiger charge is 2.29. The first-order valence-corrected chi connectivity index (χ1v) is 12.0. The Kier molecular flexibility index (Phi) is 7.10. The molecule has 1 fully saturated rings. The van der Waals surface area contributed by atoms with Gasteiger partial charge in [0.2, 0.25) is 5.88 Å². The van der Waals surface area contributed by atoms with Crippen molar-refractivity contribution >= 4 is 29.4 Å². The zero-order valence-corrected chi connectivity index (χ0v) is 18.9. The van der Waals surface area contributed by atoms with Gasteiger partial charge in [0, 0.05) is 38.2 Å². The van der Waals surface area contributed by atoms with Gasteiger partial charge < -0.3 is 19.1 Å². The van der Waals surface area contributed by atoms with Crippen LogP contribution in [0.25, 0.3) is 0 Å². The number of hydrogen-bond donors (Lipinski definition) is 0. The lowest BCUT2D eigenvalue weighted by Crippen LogP contribution is -2.49. The second-order valence-corrected chi connectivity index (χ2v) is 8.77. The van der Waals surface area contributed by atoms with E-state index >= 15 is 0 Å². The van der Waals surface area contributed by atoms with Gasteiger partial charge in [0.05, 0.1) is 25.5 Å². The molecule has 12 heteroatoms. The minimum absolute atomic E-state index is 0.0949. The Morgan fingerprint density at radius 1 is 1.39 bits per heavy atom. The van der Waals surface area contributed by atoms with E-state index in [0.29, 0.717) is 49.0 Å². The van der Waals surface area contributed by atoms with Crippen molar-refractivity contribution in [3.05, 3.63) is 33.9 Å². The molecule has 166 valence electrons. The first-order valence-electron chi connectivity index (χ1n) is 9.76. The van der Waals surface area contributed by atoms with Crippen molar-refractivity contribution in [2.75, 3.05) is 45.4 Å². The third kappa shape index (κ3) is 5.03. The summed E-state index contributed by atoms with van der Waals surface area (Å²) in [5.41, 5.74) is 0.536. The summed E-state index contributed by atoms with van der Waals surface area (Å²) in [4.78, 5) is 40.2. The average molecular weight is 466 g/mol. The highest BCUT2D eigenvalue weighted by atomic mass is 32.2. The average Bonchev–Trinajstić information content (AvgIpc) is 3.28. The summed E-state index contributed by atoms with van der Waals surface area (Å²) in [6, 6.07) is 1.73. The molecule has 0 bridgehead atoms. The number of fused-ring (bicyclic) bond motifs is 1. The number of methoxy groups -OCH3 is 1. The van der Waals surface area contributed by atoms with Crippen molar-refractivity contribution < 1.29 is 19.0 Å². The van der Waals surface area contributed by atoms with Crippen molar-refractivity contribution in [1.29, 1.82) is 0 Å². The van der Waals surface area contributed by atoms with Crippen LogP contribution in [0.1, 0.15) is 16.1 Å². The SMILES string of the molecule is COCc1cc(OCC2CN(C(=O)c3cnc4n(c3=O)CCS4)CCO2)nc(SC)n1. The predicted octanol–water partition coefficient (Wildman–Crippen LogP) is 0.927. The van der Waals surface area contributed by atoms with Crippen LogP contribution in [0.5, 0.6) is 5.88 Å². The van der Waals surface area contributed by atoms with Crippen molar-refractivity contribution in [3.8, 4) is 5.88 Å². The summed E-state index contributed by atoms with van der Waals surface area (Å²) in [6.07, 6.45) is 2.94. The van der Waals surface area contributed by atoms with E-state index in [0.717, 1.165) is 11.4 Å². The molecule has 0 spiro atoms. The topological polar surface area (TPSA) is 109 Å². The summed E-state index contributed by atoms with van der Waals surface area (Å²) in [5, 5.41) is 1.26. The molecule has 31 heavy (non-hydrogen) atoms. The van der Waals surface area contributed by atoms with Crippen LogP contribution in [0.4, 0.5) is 0 Å². The second-order valence-electron chi connectivity index (χ2n) is 6.93. The molecule has 4 rings (SSSR count). The van der Waals surface area contributed by atoms with E-state index in [1.807, 2.05) is 6.26 Å². The van der Waals surface area contributed by atoms with Gasteiger partial charge in [-0.05, 0) is 6.26 Å². The highest BCUT2D eigenvalue weighted by molar-refractivity contribution is 7.99. The summed E-state index contributed by atoms with van der Waals surface area (Å²) in [7, 11) is 1.60. The lowest BCUT2D eigenvalue weighted by molar-refractivity contribution is -0.0409. The number of ether oxygens (including phenoxy) is 3. The van der Waals surface area contributed by atoms with Gasteiger partial charge in [-0.2, -0.15) is 4.98 Å². The number of amides is 1. The van der Waals surface area contributed by atoms with Gasteiger partial charge in [-0.25, -0.2) is 9.97 Å². The van der Waals surface area contributed by atoms with Crippen LogP contribution < -0.4 is 10.3 Å². The number of morpholine rings is 1. The van der Waals surface area contributed by atoms with Crippen LogP contribution in [-0.4, -0.2) is 81.9 Å². The van der Waals surface area contributed by atoms with Gasteiger partial charge >= 0.3 is 0 Å². The third-order valence-corrected chi connectivity index (χ3v) is 6.36. The van der Waals surface area contributed by atoms with Gasteiger partial charge in [0.1, 0.15) is 18.3 Å². The molecule has 10 nitrogen and oxygen atoms in total. The molecule has 1 saturated heterocycles. The Morgan fingerprint density at radius 3 is 3.06 bits per heavy atom. The molecule has 4 heterocycles. The van der Waals surface area contributed by atoms with E-state index in [9.17, 15) is 9.59 Å². The Balaban J connectivity index is 1.41. The largest absolute Gasteiger partial charge is 0.475 e. The Bertz CT molecular complexity index is 1020. The maximum Gasteiger partial charge on any atom is 0.267 e. The highest BCUT2D eigenvalue weighted by Crippen LogP contribution is 2.21. The molecule has 2 aliphatic rings. The molecule has 1 unspecified atom stereocenters. The summed E-state index contributed by atoms with van der Waals surface area (Å²) < 4.78 is 18.3. The Morgan fingerprint density at radius 2 is 2.26 bits per heavy atom. The smallest absolute Gasteiger partial charge is 0.267 e. The molecule has 0 aromatic carbocycles. The fourth-order valence-corrected chi connectivity index (χ4v) is 4.66. The molecule has 1 atom stereocenters. The van der Waals surface area contributed by atoms with Crippen LogP contribution in [-0.2, 0) is 22.6 Å². The normalized spacial score (nSPS) is 18.1. The van der Waals surface area contributed by atoms with E-state index < -0.39 is 0 Å². The predicted molar refractivity (Wildman–Crippen MR) is 115 cm³/mol. The summed E-state index contributed by atoms with van der Waals surface area (Å²) >= 11 is 2.94. The van der Waals surface area contributed by atoms with Gasteiger partial charge in [0.15, 0.2) is 10.3 Å². The number of aromatic nitrogens is 4. The van der Waals surface area contributed by atoms with Gasteiger partial charge in [-0.3, -0.25) is 14.2 Å². The second kappa shape index (κ2) is 9.98. The van der Waals surface area contributed by atoms with Crippen LogP contribution in [0.2, 0.25) is 0 Å². The lowest BCUT2D eigenvalue weighted by atomic mass is 10.2. The first-order chi connectivity index (χ1) is 15.1. The molecule has 2 aromatic rings. The molecular formula is C19H23N5O5S2. The number of rotatable bonds is 7. The van der Waals surface area contributed by atoms with Gasteiger partial charge in [-0.15, -0.1) is 0 Å². The Hall–Kier alpha value is -2.15. The maximum absolute atomic E-state index is 13.0. The number of nitrogens with zero attached hydrogens (tertiary/aromatic N) is 5. The van der Waals surface area contributed by atoms with E-state index in [2.05, 4.69) is 15.0 Å². The van der Waals surface area contributed by atoms with Crippen LogP contribution in [0, 0.1) is 0 Å². The molecule has 2 aromatic heterocycles. The Labute approximate surface area is 187 Å². The van der Waals surface area contributed by atoms with E-state index in [4.69, 9.17) is 14.2 Å². The zero-order valence-electron chi connectivity index (χ0n) is 17.3. The molecular weight excluding hydrogens is 442 g/mol. The third-order valence-electron chi connectivity index (χ3n) is 4.84. The number of carbonyl (C=O) groups excluding carboxylic acids is 1. The van der Waals surface area contributed by atoms with Crippen molar-refractivity contribution in [1.82, 2.24) is 24.4 Å². The molecule has 0 aliphatic carbocycles. The molecule has 0 saturated carbocycles.